The van der Waals surface area contributed by atoms with Crippen LogP contribution in [-0.4, -0.2) is 41.7 Å². The zero-order valence-corrected chi connectivity index (χ0v) is 20.7. The molecule has 0 bridgehead atoms. The van der Waals surface area contributed by atoms with Crippen LogP contribution in [-0.2, 0) is 0 Å². The summed E-state index contributed by atoms with van der Waals surface area (Å²) in [5.41, 5.74) is 1.71. The molecule has 0 radical (unpaired) electrons. The Kier molecular flexibility index (Phi) is 6.45. The van der Waals surface area contributed by atoms with E-state index >= 15 is 0 Å². The first-order valence-corrected chi connectivity index (χ1v) is 12.4. The van der Waals surface area contributed by atoms with Crippen molar-refractivity contribution in [2.45, 2.75) is 36.3 Å². The zero-order valence-electron chi connectivity index (χ0n) is 16.7. The van der Waals surface area contributed by atoms with Crippen molar-refractivity contribution in [1.29, 1.82) is 0 Å². The van der Waals surface area contributed by atoms with Crippen molar-refractivity contribution in [2.24, 2.45) is 5.92 Å². The Balaban J connectivity index is 1.73. The third kappa shape index (κ3) is 4.32. The van der Waals surface area contributed by atoms with Gasteiger partial charge in [-0.2, -0.15) is 0 Å². The minimum Gasteiger partial charge on any atom is -0.490 e. The summed E-state index contributed by atoms with van der Waals surface area (Å²) in [7, 11) is 0. The van der Waals surface area contributed by atoms with Crippen molar-refractivity contribution >= 4 is 49.4 Å². The summed E-state index contributed by atoms with van der Waals surface area (Å²) in [5.74, 6) is 1.50. The summed E-state index contributed by atoms with van der Waals surface area (Å²) in [6.07, 6.45) is 2.46. The Hall–Kier alpha value is -0.820. The molecule has 0 aromatic heterocycles. The van der Waals surface area contributed by atoms with Crippen LogP contribution in [0.3, 0.4) is 0 Å². The maximum absolute atomic E-state index is 13.9. The lowest BCUT2D eigenvalue weighted by atomic mass is 9.91. The van der Waals surface area contributed by atoms with Gasteiger partial charge in [0.1, 0.15) is 17.1 Å². The van der Waals surface area contributed by atoms with Crippen LogP contribution >= 0.6 is 43.6 Å². The molecule has 0 amide bonds. The van der Waals surface area contributed by atoms with E-state index in [1.54, 1.807) is 11.8 Å². The second-order valence-corrected chi connectivity index (χ2v) is 11.3. The Morgan fingerprint density at radius 3 is 2.76 bits per heavy atom. The fourth-order valence-electron chi connectivity index (χ4n) is 4.23. The predicted molar refractivity (Wildman–Crippen MR) is 126 cm³/mol. The van der Waals surface area contributed by atoms with Crippen molar-refractivity contribution in [3.63, 3.8) is 0 Å². The Morgan fingerprint density at radius 2 is 2.03 bits per heavy atom. The van der Waals surface area contributed by atoms with Crippen molar-refractivity contribution in [3.05, 3.63) is 56.5 Å². The lowest BCUT2D eigenvalue weighted by molar-refractivity contribution is 0.0784. The summed E-state index contributed by atoms with van der Waals surface area (Å²) in [6, 6.07) is 12.1. The molecule has 0 saturated carbocycles. The highest BCUT2D eigenvalue weighted by molar-refractivity contribution is 9.11. The van der Waals surface area contributed by atoms with Crippen molar-refractivity contribution in [1.82, 2.24) is 4.90 Å². The van der Waals surface area contributed by atoms with Crippen molar-refractivity contribution in [2.75, 3.05) is 26.2 Å². The number of rotatable bonds is 4. The second-order valence-electron chi connectivity index (χ2n) is 8.18. The molecule has 1 saturated heterocycles. The number of carbonyl (C=O) groups is 1. The first kappa shape index (κ1) is 21.4. The highest BCUT2D eigenvalue weighted by atomic mass is 79.9. The molecule has 0 N–H and O–H groups in total. The van der Waals surface area contributed by atoms with E-state index < -0.39 is 4.75 Å². The average Bonchev–Trinajstić information content (AvgIpc) is 2.70. The van der Waals surface area contributed by atoms with Crippen LogP contribution in [0.4, 0.5) is 0 Å². The van der Waals surface area contributed by atoms with Crippen LogP contribution in [0.1, 0.15) is 35.7 Å². The first-order chi connectivity index (χ1) is 13.9. The van der Waals surface area contributed by atoms with E-state index in [2.05, 4.69) is 55.8 Å². The molecule has 1 fully saturated rings. The van der Waals surface area contributed by atoms with Gasteiger partial charge >= 0.3 is 0 Å². The third-order valence-corrected chi connectivity index (χ3v) is 8.90. The monoisotopic (exact) mass is 537 g/mol. The molecule has 2 aromatic rings. The molecule has 29 heavy (non-hydrogen) atoms. The van der Waals surface area contributed by atoms with E-state index in [-0.39, 0.29) is 5.78 Å². The van der Waals surface area contributed by atoms with E-state index in [0.29, 0.717) is 30.4 Å². The average molecular weight is 539 g/mol. The number of benzene rings is 2. The first-order valence-electron chi connectivity index (χ1n) is 10.0. The normalized spacial score (nSPS) is 24.8. The van der Waals surface area contributed by atoms with Crippen LogP contribution in [0.2, 0.25) is 0 Å². The lowest BCUT2D eigenvalue weighted by Crippen LogP contribution is -2.54. The predicted octanol–water partition coefficient (Wildman–Crippen LogP) is 6.36. The van der Waals surface area contributed by atoms with Gasteiger partial charge in [0.2, 0.25) is 0 Å². The van der Waals surface area contributed by atoms with E-state index in [9.17, 15) is 4.79 Å². The fraction of sp³-hybridized carbons (Fsp3) is 0.435. The molecule has 0 spiro atoms. The number of carbonyl (C=O) groups excluding carboxylic acids is 1. The maximum Gasteiger partial charge on any atom is 0.187 e. The van der Waals surface area contributed by atoms with Crippen molar-refractivity contribution < 1.29 is 9.53 Å². The number of hydrogen-bond acceptors (Lipinski definition) is 4. The SMILES string of the molecule is Cc1c(Br)cc2c(c1Br)OC[C@](CN1CCC[C@@H](C)C1)(Sc1ccccc1)C2=O. The van der Waals surface area contributed by atoms with Gasteiger partial charge in [0.15, 0.2) is 5.78 Å². The van der Waals surface area contributed by atoms with E-state index in [1.807, 2.05) is 31.2 Å². The standard InChI is InChI=1S/C23H25Br2NO2S/c1-15-7-6-10-26(12-15)13-23(29-17-8-4-3-5-9-17)14-28-21-18(22(23)27)11-19(24)16(2)20(21)25/h3-5,8-9,11,15H,6-7,10,12-14H2,1-2H3/t15-,23+/m1/s1. The molecule has 3 nitrogen and oxygen atoms in total. The van der Waals surface area contributed by atoms with Gasteiger partial charge in [-0.25, -0.2) is 0 Å². The van der Waals surface area contributed by atoms with E-state index in [0.717, 1.165) is 32.5 Å². The Morgan fingerprint density at radius 1 is 1.28 bits per heavy atom. The number of hydrogen-bond donors (Lipinski definition) is 0. The van der Waals surface area contributed by atoms with Gasteiger partial charge in [-0.05, 0) is 71.9 Å². The van der Waals surface area contributed by atoms with Crippen LogP contribution < -0.4 is 4.74 Å². The molecular formula is C23H25Br2NO2S. The van der Waals surface area contributed by atoms with Gasteiger partial charge in [0, 0.05) is 22.5 Å². The number of piperidine rings is 1. The highest BCUT2D eigenvalue weighted by Gasteiger charge is 2.47. The highest BCUT2D eigenvalue weighted by Crippen LogP contribution is 2.46. The zero-order chi connectivity index (χ0) is 20.6. The Bertz CT molecular complexity index is 921. The number of fused-ring (bicyclic) bond motifs is 1. The molecule has 154 valence electrons. The number of likely N-dealkylation sites (tertiary alicyclic amines) is 1. The Labute approximate surface area is 193 Å². The van der Waals surface area contributed by atoms with E-state index in [4.69, 9.17) is 4.74 Å². The maximum atomic E-state index is 13.9. The van der Waals surface area contributed by atoms with Gasteiger partial charge in [-0.1, -0.05) is 41.1 Å². The number of thioether (sulfide) groups is 1. The van der Waals surface area contributed by atoms with E-state index in [1.165, 1.54) is 12.8 Å². The molecule has 2 heterocycles. The molecule has 6 heteroatoms. The summed E-state index contributed by atoms with van der Waals surface area (Å²) >= 11 is 8.89. The number of ether oxygens (including phenoxy) is 1. The molecule has 2 aliphatic rings. The molecule has 0 aliphatic carbocycles. The van der Waals surface area contributed by atoms with Gasteiger partial charge in [-0.15, -0.1) is 11.8 Å². The minimum absolute atomic E-state index is 0.159. The summed E-state index contributed by atoms with van der Waals surface area (Å²) in [4.78, 5) is 17.5. The topological polar surface area (TPSA) is 29.5 Å². The number of nitrogens with zero attached hydrogens (tertiary/aromatic N) is 1. The molecule has 4 rings (SSSR count). The van der Waals surface area contributed by atoms with Gasteiger partial charge in [0.25, 0.3) is 0 Å². The van der Waals surface area contributed by atoms with Crippen LogP contribution in [0.15, 0.2) is 50.2 Å². The quantitative estimate of drug-likeness (QED) is 0.453. The molecule has 0 unspecified atom stereocenters. The van der Waals surface area contributed by atoms with Crippen molar-refractivity contribution in [3.8, 4) is 5.75 Å². The smallest absolute Gasteiger partial charge is 0.187 e. The molecule has 2 atom stereocenters. The van der Waals surface area contributed by atoms with Gasteiger partial charge in [0.05, 0.1) is 10.0 Å². The summed E-state index contributed by atoms with van der Waals surface area (Å²) in [6.45, 7) is 7.48. The molecule has 2 aliphatic heterocycles. The second kappa shape index (κ2) is 8.74. The molecule has 2 aromatic carbocycles. The van der Waals surface area contributed by atoms with Crippen LogP contribution in [0.25, 0.3) is 0 Å². The largest absolute Gasteiger partial charge is 0.490 e. The third-order valence-electron chi connectivity index (χ3n) is 5.79. The lowest BCUT2D eigenvalue weighted by Gasteiger charge is -2.42. The van der Waals surface area contributed by atoms with Crippen LogP contribution in [0.5, 0.6) is 5.75 Å². The number of halogens is 2. The minimum atomic E-state index is -0.653. The molecular weight excluding hydrogens is 514 g/mol. The fourth-order valence-corrected chi connectivity index (χ4v) is 6.78. The number of Topliss-reactive ketones (excluding diaryl/α,β-unsaturated/α-hetero) is 1. The van der Waals surface area contributed by atoms with Gasteiger partial charge in [-0.3, -0.25) is 4.79 Å². The number of ketones is 1. The van der Waals surface area contributed by atoms with Gasteiger partial charge < -0.3 is 9.64 Å². The van der Waals surface area contributed by atoms with Crippen LogP contribution in [0, 0.1) is 12.8 Å². The summed E-state index contributed by atoms with van der Waals surface area (Å²) < 4.78 is 7.41. The summed E-state index contributed by atoms with van der Waals surface area (Å²) in [5, 5.41) is 0.